The molecule has 2 rings (SSSR count). The molecule has 0 fully saturated rings. The Hall–Kier alpha value is -1.41. The zero-order valence-corrected chi connectivity index (χ0v) is 13.0. The van der Waals surface area contributed by atoms with Crippen LogP contribution in [0.5, 0.6) is 5.75 Å². The van der Waals surface area contributed by atoms with Gasteiger partial charge in [-0.1, -0.05) is 6.07 Å². The highest BCUT2D eigenvalue weighted by Gasteiger charge is 2.18. The molecular weight excluding hydrogens is 382 g/mol. The number of rotatable bonds is 4. The van der Waals surface area contributed by atoms with Gasteiger partial charge in [-0.3, -0.25) is 0 Å². The van der Waals surface area contributed by atoms with Crippen molar-refractivity contribution in [2.24, 2.45) is 0 Å². The molecule has 0 amide bonds. The summed E-state index contributed by atoms with van der Waals surface area (Å²) in [5, 5.41) is 14.6. The normalized spacial score (nSPS) is 10.5. The average Bonchev–Trinajstić information content (AvgIpc) is 2.70. The van der Waals surface area contributed by atoms with Crippen molar-refractivity contribution in [1.82, 2.24) is 9.78 Å². The Balaban J connectivity index is 2.24. The van der Waals surface area contributed by atoms with Gasteiger partial charge < -0.3 is 14.9 Å². The largest absolute Gasteiger partial charge is 0.496 e. The summed E-state index contributed by atoms with van der Waals surface area (Å²) < 4.78 is 7.84. The Morgan fingerprint density at radius 1 is 1.42 bits per heavy atom. The molecule has 0 saturated carbocycles. The van der Waals surface area contributed by atoms with E-state index in [0.717, 1.165) is 15.8 Å². The van der Waals surface area contributed by atoms with Gasteiger partial charge >= 0.3 is 5.82 Å². The molecule has 0 saturated heterocycles. The predicted molar refractivity (Wildman–Crippen MR) is 76.4 cm³/mol. The molecule has 0 aliphatic heterocycles. The first kappa shape index (κ1) is 14.0. The molecule has 2 aromatic rings. The van der Waals surface area contributed by atoms with E-state index in [9.17, 15) is 10.1 Å². The lowest BCUT2D eigenvalue weighted by molar-refractivity contribution is -0.390. The van der Waals surface area contributed by atoms with E-state index in [1.807, 2.05) is 18.2 Å². The van der Waals surface area contributed by atoms with Gasteiger partial charge in [0.15, 0.2) is 0 Å². The fourth-order valence-electron chi connectivity index (χ4n) is 1.59. The molecule has 100 valence electrons. The summed E-state index contributed by atoms with van der Waals surface area (Å²) in [4.78, 5) is 10.2. The van der Waals surface area contributed by atoms with Crippen molar-refractivity contribution < 1.29 is 9.66 Å². The Kier molecular flexibility index (Phi) is 4.20. The molecule has 19 heavy (non-hydrogen) atoms. The minimum atomic E-state index is -0.523. The lowest BCUT2D eigenvalue weighted by atomic mass is 10.2. The van der Waals surface area contributed by atoms with E-state index in [4.69, 9.17) is 4.74 Å². The molecule has 1 heterocycles. The SMILES string of the molecule is COc1ccc(Cn2cc(Br)c([N+](=O)[O-])n2)cc1Br. The van der Waals surface area contributed by atoms with Gasteiger partial charge in [-0.25, -0.2) is 0 Å². The maximum absolute atomic E-state index is 10.7. The number of hydrogen-bond donors (Lipinski definition) is 0. The fraction of sp³-hybridized carbons (Fsp3) is 0.182. The van der Waals surface area contributed by atoms with Crippen LogP contribution >= 0.6 is 31.9 Å². The van der Waals surface area contributed by atoms with Crippen LogP contribution in [0.3, 0.4) is 0 Å². The highest BCUT2D eigenvalue weighted by molar-refractivity contribution is 9.11. The third kappa shape index (κ3) is 3.13. The second-order valence-electron chi connectivity index (χ2n) is 3.72. The molecule has 0 atom stereocenters. The fourth-order valence-corrected chi connectivity index (χ4v) is 2.64. The van der Waals surface area contributed by atoms with E-state index in [0.29, 0.717) is 11.0 Å². The maximum Gasteiger partial charge on any atom is 0.404 e. The molecule has 0 radical (unpaired) electrons. The van der Waals surface area contributed by atoms with Crippen molar-refractivity contribution in [1.29, 1.82) is 0 Å². The van der Waals surface area contributed by atoms with Crippen LogP contribution in [0, 0.1) is 10.1 Å². The van der Waals surface area contributed by atoms with Crippen LogP contribution in [0.15, 0.2) is 33.3 Å². The number of methoxy groups -OCH3 is 1. The van der Waals surface area contributed by atoms with E-state index in [2.05, 4.69) is 37.0 Å². The molecule has 0 aliphatic rings. The van der Waals surface area contributed by atoms with Crippen molar-refractivity contribution in [3.8, 4) is 5.75 Å². The maximum atomic E-state index is 10.7. The van der Waals surface area contributed by atoms with E-state index in [1.165, 1.54) is 4.68 Å². The number of benzene rings is 1. The third-order valence-corrected chi connectivity index (χ3v) is 3.61. The third-order valence-electron chi connectivity index (χ3n) is 2.43. The first-order valence-electron chi connectivity index (χ1n) is 5.21. The zero-order valence-electron chi connectivity index (χ0n) is 9.84. The second kappa shape index (κ2) is 5.70. The summed E-state index contributed by atoms with van der Waals surface area (Å²) in [5.41, 5.74) is 0.956. The summed E-state index contributed by atoms with van der Waals surface area (Å²) in [6.45, 7) is 0.440. The second-order valence-corrected chi connectivity index (χ2v) is 5.43. The number of aromatic nitrogens is 2. The highest BCUT2D eigenvalue weighted by atomic mass is 79.9. The highest BCUT2D eigenvalue weighted by Crippen LogP contribution is 2.27. The molecule has 8 heteroatoms. The van der Waals surface area contributed by atoms with E-state index >= 15 is 0 Å². The number of halogens is 2. The number of nitrogens with zero attached hydrogens (tertiary/aromatic N) is 3. The van der Waals surface area contributed by atoms with Crippen molar-refractivity contribution in [3.63, 3.8) is 0 Å². The molecule has 0 N–H and O–H groups in total. The van der Waals surface area contributed by atoms with Crippen LogP contribution in [0.4, 0.5) is 5.82 Å². The van der Waals surface area contributed by atoms with Crippen LogP contribution in [-0.4, -0.2) is 21.8 Å². The quantitative estimate of drug-likeness (QED) is 0.592. The van der Waals surface area contributed by atoms with Gasteiger partial charge in [0.1, 0.15) is 10.2 Å². The first-order chi connectivity index (χ1) is 9.01. The lowest BCUT2D eigenvalue weighted by Gasteiger charge is -2.05. The van der Waals surface area contributed by atoms with E-state index in [-0.39, 0.29) is 5.82 Å². The van der Waals surface area contributed by atoms with Gasteiger partial charge in [-0.15, -0.1) is 0 Å². The van der Waals surface area contributed by atoms with Crippen molar-refractivity contribution in [2.75, 3.05) is 7.11 Å². The average molecular weight is 391 g/mol. The zero-order chi connectivity index (χ0) is 14.0. The van der Waals surface area contributed by atoms with E-state index in [1.54, 1.807) is 13.3 Å². The summed E-state index contributed by atoms with van der Waals surface area (Å²) in [6, 6.07) is 5.59. The topological polar surface area (TPSA) is 70.2 Å². The van der Waals surface area contributed by atoms with Crippen molar-refractivity contribution in [2.45, 2.75) is 6.54 Å². The van der Waals surface area contributed by atoms with Crippen LogP contribution in [-0.2, 0) is 6.54 Å². The molecule has 1 aromatic heterocycles. The van der Waals surface area contributed by atoms with Crippen molar-refractivity contribution in [3.05, 3.63) is 49.0 Å². The Bertz CT molecular complexity index is 628. The summed E-state index contributed by atoms with van der Waals surface area (Å²) in [6.07, 6.45) is 1.58. The molecule has 0 bridgehead atoms. The summed E-state index contributed by atoms with van der Waals surface area (Å²) in [7, 11) is 1.59. The van der Waals surface area contributed by atoms with Crippen LogP contribution in [0.1, 0.15) is 5.56 Å². The Morgan fingerprint density at radius 3 is 2.68 bits per heavy atom. The molecular formula is C11H9Br2N3O3. The van der Waals surface area contributed by atoms with Gasteiger partial charge in [0.2, 0.25) is 0 Å². The minimum Gasteiger partial charge on any atom is -0.496 e. The lowest BCUT2D eigenvalue weighted by Crippen LogP contribution is -2.01. The van der Waals surface area contributed by atoms with Crippen LogP contribution in [0.25, 0.3) is 0 Å². The van der Waals surface area contributed by atoms with Gasteiger partial charge in [0, 0.05) is 0 Å². The minimum absolute atomic E-state index is 0.187. The Morgan fingerprint density at radius 2 is 2.16 bits per heavy atom. The Labute approximate surface area is 125 Å². The summed E-state index contributed by atoms with van der Waals surface area (Å²) >= 11 is 6.51. The standard InChI is InChI=1S/C11H9Br2N3O3/c1-19-10-3-2-7(4-8(10)12)5-15-6-9(13)11(14-15)16(17)18/h2-4,6H,5H2,1H3. The predicted octanol–water partition coefficient (Wildman–Crippen LogP) is 3.37. The smallest absolute Gasteiger partial charge is 0.404 e. The van der Waals surface area contributed by atoms with Gasteiger partial charge in [0.05, 0.1) is 29.4 Å². The molecule has 0 unspecified atom stereocenters. The molecule has 6 nitrogen and oxygen atoms in total. The van der Waals surface area contributed by atoms with Gasteiger partial charge in [-0.2, -0.15) is 4.68 Å². The van der Waals surface area contributed by atoms with Gasteiger partial charge in [0.25, 0.3) is 0 Å². The monoisotopic (exact) mass is 389 g/mol. The number of ether oxygens (including phenoxy) is 1. The summed E-state index contributed by atoms with van der Waals surface area (Å²) in [5.74, 6) is 0.545. The molecule has 0 spiro atoms. The molecule has 0 aliphatic carbocycles. The van der Waals surface area contributed by atoms with Crippen LogP contribution in [0.2, 0.25) is 0 Å². The van der Waals surface area contributed by atoms with Crippen molar-refractivity contribution >= 4 is 37.7 Å². The van der Waals surface area contributed by atoms with E-state index < -0.39 is 4.92 Å². The van der Waals surface area contributed by atoms with Gasteiger partial charge in [-0.05, 0) is 54.5 Å². The van der Waals surface area contributed by atoms with Crippen LogP contribution < -0.4 is 4.74 Å². The number of hydrogen-bond acceptors (Lipinski definition) is 4. The number of nitro groups is 1. The molecule has 1 aromatic carbocycles. The first-order valence-corrected chi connectivity index (χ1v) is 6.79.